The van der Waals surface area contributed by atoms with Gasteiger partial charge in [-0.15, -0.1) is 0 Å². The number of nitrogens with two attached hydrogens (primary N) is 2. The number of nitrogens with zero attached hydrogens (tertiary/aromatic N) is 3. The van der Waals surface area contributed by atoms with Gasteiger partial charge in [-0.05, 0) is 31.2 Å². The maximum absolute atomic E-state index is 14.0. The van der Waals surface area contributed by atoms with Crippen LogP contribution in [0.5, 0.6) is 0 Å². The third kappa shape index (κ3) is 2.54. The van der Waals surface area contributed by atoms with Crippen LogP contribution in [0.2, 0.25) is 5.02 Å². The molecule has 6 nitrogen and oxygen atoms in total. The van der Waals surface area contributed by atoms with Crippen LogP contribution in [-0.4, -0.2) is 14.5 Å². The van der Waals surface area contributed by atoms with E-state index in [1.807, 2.05) is 0 Å². The standard InChI is InChI=1S/C15H13ClFN5O/c1-7(18)14-21-13-10(17)4-3-9(16)12(13)15(23)22(14)8-2-5-11(19)20-6-8/h2-7H,18H2,1H3,(H2,19,20). The summed E-state index contributed by atoms with van der Waals surface area (Å²) in [5.41, 5.74) is 11.3. The van der Waals surface area contributed by atoms with Crippen LogP contribution in [0.25, 0.3) is 16.6 Å². The zero-order valence-electron chi connectivity index (χ0n) is 12.1. The molecule has 0 bridgehead atoms. The van der Waals surface area contributed by atoms with Crippen molar-refractivity contribution in [2.75, 3.05) is 5.73 Å². The Balaban J connectivity index is 2.47. The minimum absolute atomic E-state index is 0.00658. The number of hydrogen-bond donors (Lipinski definition) is 2. The first kappa shape index (κ1) is 15.4. The Hall–Kier alpha value is -2.51. The summed E-state index contributed by atoms with van der Waals surface area (Å²) < 4.78 is 15.3. The quantitative estimate of drug-likeness (QED) is 0.748. The number of nitrogen functional groups attached to an aromatic ring is 1. The molecule has 3 aromatic rings. The molecule has 23 heavy (non-hydrogen) atoms. The summed E-state index contributed by atoms with van der Waals surface area (Å²) >= 11 is 6.06. The molecule has 0 saturated heterocycles. The first-order valence-electron chi connectivity index (χ1n) is 6.78. The van der Waals surface area contributed by atoms with Gasteiger partial charge in [0.25, 0.3) is 5.56 Å². The third-order valence-electron chi connectivity index (χ3n) is 3.39. The van der Waals surface area contributed by atoms with E-state index in [-0.39, 0.29) is 21.7 Å². The zero-order chi connectivity index (χ0) is 16.7. The summed E-state index contributed by atoms with van der Waals surface area (Å²) in [4.78, 5) is 21.0. The summed E-state index contributed by atoms with van der Waals surface area (Å²) in [5, 5.41) is 0.111. The highest BCUT2D eigenvalue weighted by molar-refractivity contribution is 6.35. The lowest BCUT2D eigenvalue weighted by molar-refractivity contribution is 0.630. The Morgan fingerprint density at radius 1 is 1.30 bits per heavy atom. The molecule has 0 radical (unpaired) electrons. The smallest absolute Gasteiger partial charge is 0.267 e. The lowest BCUT2D eigenvalue weighted by Gasteiger charge is -2.16. The SMILES string of the molecule is CC(N)c1nc2c(F)ccc(Cl)c2c(=O)n1-c1ccc(N)nc1. The van der Waals surface area contributed by atoms with Crippen LogP contribution < -0.4 is 17.0 Å². The van der Waals surface area contributed by atoms with E-state index in [9.17, 15) is 9.18 Å². The Morgan fingerprint density at radius 2 is 2.04 bits per heavy atom. The van der Waals surface area contributed by atoms with Gasteiger partial charge in [0.15, 0.2) is 0 Å². The van der Waals surface area contributed by atoms with E-state index in [0.717, 1.165) is 6.07 Å². The molecule has 2 aromatic heterocycles. The number of anilines is 1. The van der Waals surface area contributed by atoms with Crippen LogP contribution in [0.4, 0.5) is 10.2 Å². The van der Waals surface area contributed by atoms with Gasteiger partial charge in [0.2, 0.25) is 0 Å². The van der Waals surface area contributed by atoms with Crippen molar-refractivity contribution in [1.82, 2.24) is 14.5 Å². The van der Waals surface area contributed by atoms with E-state index in [0.29, 0.717) is 11.5 Å². The van der Waals surface area contributed by atoms with Crippen molar-refractivity contribution in [3.05, 3.63) is 57.5 Å². The maximum Gasteiger partial charge on any atom is 0.267 e. The van der Waals surface area contributed by atoms with Crippen LogP contribution in [0, 0.1) is 5.82 Å². The lowest BCUT2D eigenvalue weighted by atomic mass is 10.2. The van der Waals surface area contributed by atoms with Crippen molar-refractivity contribution < 1.29 is 4.39 Å². The van der Waals surface area contributed by atoms with Crippen LogP contribution in [0.15, 0.2) is 35.3 Å². The average Bonchev–Trinajstić information content (AvgIpc) is 2.51. The van der Waals surface area contributed by atoms with E-state index >= 15 is 0 Å². The molecule has 0 spiro atoms. The number of halogens is 2. The second-order valence-corrected chi connectivity index (χ2v) is 5.50. The molecule has 1 unspecified atom stereocenters. The predicted octanol–water partition coefficient (Wildman–Crippen LogP) is 2.18. The van der Waals surface area contributed by atoms with Gasteiger partial charge in [-0.3, -0.25) is 9.36 Å². The molecule has 118 valence electrons. The van der Waals surface area contributed by atoms with Crippen molar-refractivity contribution in [2.45, 2.75) is 13.0 Å². The molecular weight excluding hydrogens is 321 g/mol. The highest BCUT2D eigenvalue weighted by Gasteiger charge is 2.19. The fraction of sp³-hybridized carbons (Fsp3) is 0.133. The largest absolute Gasteiger partial charge is 0.384 e. The molecule has 0 fully saturated rings. The summed E-state index contributed by atoms with van der Waals surface area (Å²) in [5.74, 6) is -0.122. The fourth-order valence-electron chi connectivity index (χ4n) is 2.32. The maximum atomic E-state index is 14.0. The summed E-state index contributed by atoms with van der Waals surface area (Å²) in [6.07, 6.45) is 1.42. The third-order valence-corrected chi connectivity index (χ3v) is 3.70. The van der Waals surface area contributed by atoms with Gasteiger partial charge in [0, 0.05) is 0 Å². The topological polar surface area (TPSA) is 99.8 Å². The van der Waals surface area contributed by atoms with E-state index in [4.69, 9.17) is 23.1 Å². The molecule has 0 aliphatic carbocycles. The zero-order valence-corrected chi connectivity index (χ0v) is 12.9. The number of rotatable bonds is 2. The molecule has 2 heterocycles. The Morgan fingerprint density at radius 3 is 2.65 bits per heavy atom. The van der Waals surface area contributed by atoms with Gasteiger partial charge in [0.1, 0.15) is 23.0 Å². The van der Waals surface area contributed by atoms with Gasteiger partial charge in [0.05, 0.1) is 28.3 Å². The predicted molar refractivity (Wildman–Crippen MR) is 87.1 cm³/mol. The molecule has 4 N–H and O–H groups in total. The molecule has 1 atom stereocenters. The number of pyridine rings is 1. The number of hydrogen-bond acceptors (Lipinski definition) is 5. The van der Waals surface area contributed by atoms with Gasteiger partial charge < -0.3 is 11.5 Å². The summed E-state index contributed by atoms with van der Waals surface area (Å²) in [7, 11) is 0. The summed E-state index contributed by atoms with van der Waals surface area (Å²) in [6.45, 7) is 1.65. The summed E-state index contributed by atoms with van der Waals surface area (Å²) in [6, 6.07) is 5.03. The van der Waals surface area contributed by atoms with E-state index in [1.54, 1.807) is 19.1 Å². The van der Waals surface area contributed by atoms with Gasteiger partial charge in [-0.25, -0.2) is 14.4 Å². The molecule has 8 heteroatoms. The van der Waals surface area contributed by atoms with Gasteiger partial charge in [-0.1, -0.05) is 11.6 Å². The first-order valence-corrected chi connectivity index (χ1v) is 7.16. The number of fused-ring (bicyclic) bond motifs is 1. The van der Waals surface area contributed by atoms with Gasteiger partial charge in [-0.2, -0.15) is 0 Å². The number of aromatic nitrogens is 3. The Kier molecular flexibility index (Phi) is 3.75. The highest BCUT2D eigenvalue weighted by atomic mass is 35.5. The average molecular weight is 334 g/mol. The Labute approximate surface area is 135 Å². The van der Waals surface area contributed by atoms with Crippen molar-refractivity contribution in [1.29, 1.82) is 0 Å². The molecule has 0 aliphatic rings. The van der Waals surface area contributed by atoms with Crippen LogP contribution in [0.1, 0.15) is 18.8 Å². The van der Waals surface area contributed by atoms with Crippen LogP contribution >= 0.6 is 11.6 Å². The molecule has 1 aromatic carbocycles. The highest BCUT2D eigenvalue weighted by Crippen LogP contribution is 2.24. The van der Waals surface area contributed by atoms with E-state index in [2.05, 4.69) is 9.97 Å². The van der Waals surface area contributed by atoms with E-state index in [1.165, 1.54) is 16.8 Å². The van der Waals surface area contributed by atoms with Crippen molar-refractivity contribution in [2.24, 2.45) is 5.73 Å². The number of benzene rings is 1. The van der Waals surface area contributed by atoms with Crippen LogP contribution in [-0.2, 0) is 0 Å². The first-order chi connectivity index (χ1) is 10.9. The van der Waals surface area contributed by atoms with E-state index < -0.39 is 17.4 Å². The Bertz CT molecular complexity index is 953. The monoisotopic (exact) mass is 333 g/mol. The molecule has 0 amide bonds. The fourth-order valence-corrected chi connectivity index (χ4v) is 2.55. The second-order valence-electron chi connectivity index (χ2n) is 5.09. The van der Waals surface area contributed by atoms with Gasteiger partial charge >= 0.3 is 0 Å². The van der Waals surface area contributed by atoms with Crippen LogP contribution in [0.3, 0.4) is 0 Å². The lowest BCUT2D eigenvalue weighted by Crippen LogP contribution is -2.28. The minimum atomic E-state index is -0.633. The van der Waals surface area contributed by atoms with Crippen molar-refractivity contribution >= 4 is 28.3 Å². The molecule has 3 rings (SSSR count). The van der Waals surface area contributed by atoms with Crippen molar-refractivity contribution in [3.8, 4) is 5.69 Å². The molecule has 0 saturated carbocycles. The molecular formula is C15H13ClFN5O. The normalized spacial score (nSPS) is 12.5. The second kappa shape index (κ2) is 5.60. The minimum Gasteiger partial charge on any atom is -0.384 e. The van der Waals surface area contributed by atoms with Crippen molar-refractivity contribution in [3.63, 3.8) is 0 Å². The molecule has 0 aliphatic heterocycles.